The second-order valence-corrected chi connectivity index (χ2v) is 8.93. The van der Waals surface area contributed by atoms with E-state index in [0.717, 1.165) is 30.0 Å². The summed E-state index contributed by atoms with van der Waals surface area (Å²) >= 11 is 0. The number of benzene rings is 1. The van der Waals surface area contributed by atoms with E-state index in [9.17, 15) is 18.0 Å². The Morgan fingerprint density at radius 3 is 2.38 bits per heavy atom. The molecule has 0 saturated heterocycles. The number of carbonyl (C=O) groups excluding carboxylic acids is 2. The lowest BCUT2D eigenvalue weighted by atomic mass is 9.95. The lowest BCUT2D eigenvalue weighted by Crippen LogP contribution is -2.37. The first-order chi connectivity index (χ1) is 12.4. The van der Waals surface area contributed by atoms with E-state index in [1.165, 1.54) is 31.4 Å². The van der Waals surface area contributed by atoms with Crippen molar-refractivity contribution in [2.24, 2.45) is 0 Å². The Balaban J connectivity index is 1.87. The number of hydrogen-bond donors (Lipinski definition) is 0. The van der Waals surface area contributed by atoms with Crippen molar-refractivity contribution in [1.82, 2.24) is 9.21 Å². The lowest BCUT2D eigenvalue weighted by Gasteiger charge is -2.30. The Hall–Kier alpha value is -1.89. The van der Waals surface area contributed by atoms with E-state index in [-0.39, 0.29) is 29.0 Å². The van der Waals surface area contributed by atoms with Crippen molar-refractivity contribution in [3.05, 3.63) is 29.3 Å². The SMILES string of the molecule is CCN1C(=O)c2ccc(C(=O)N(C)C3CCCCCCC3)cc2S1(=O)=O. The summed E-state index contributed by atoms with van der Waals surface area (Å²) in [6.07, 6.45) is 7.84. The van der Waals surface area contributed by atoms with E-state index in [4.69, 9.17) is 0 Å². The molecule has 142 valence electrons. The fraction of sp³-hybridized carbons (Fsp3) is 0.579. The quantitative estimate of drug-likeness (QED) is 0.810. The van der Waals surface area contributed by atoms with Crippen LogP contribution in [0.5, 0.6) is 0 Å². The fourth-order valence-corrected chi connectivity index (χ4v) is 5.52. The zero-order valence-electron chi connectivity index (χ0n) is 15.4. The number of amides is 2. The Morgan fingerprint density at radius 1 is 1.15 bits per heavy atom. The van der Waals surface area contributed by atoms with Crippen LogP contribution < -0.4 is 0 Å². The van der Waals surface area contributed by atoms with Gasteiger partial charge in [-0.3, -0.25) is 9.59 Å². The van der Waals surface area contributed by atoms with Crippen LogP contribution in [-0.2, 0) is 10.0 Å². The van der Waals surface area contributed by atoms with Crippen molar-refractivity contribution in [2.75, 3.05) is 13.6 Å². The number of carbonyl (C=O) groups is 2. The summed E-state index contributed by atoms with van der Waals surface area (Å²) in [4.78, 5) is 26.8. The minimum absolute atomic E-state index is 0.0544. The van der Waals surface area contributed by atoms with Crippen LogP contribution in [0.2, 0.25) is 0 Å². The smallest absolute Gasteiger partial charge is 0.268 e. The van der Waals surface area contributed by atoms with Gasteiger partial charge in [-0.25, -0.2) is 12.7 Å². The molecule has 0 bridgehead atoms. The molecule has 0 atom stereocenters. The van der Waals surface area contributed by atoms with Gasteiger partial charge in [0.05, 0.1) is 5.56 Å². The van der Waals surface area contributed by atoms with E-state index in [2.05, 4.69) is 0 Å². The minimum atomic E-state index is -3.85. The summed E-state index contributed by atoms with van der Waals surface area (Å²) in [6.45, 7) is 1.71. The Morgan fingerprint density at radius 2 is 1.77 bits per heavy atom. The molecule has 0 unspecified atom stereocenters. The summed E-state index contributed by atoms with van der Waals surface area (Å²) in [5.41, 5.74) is 0.472. The van der Waals surface area contributed by atoms with E-state index >= 15 is 0 Å². The van der Waals surface area contributed by atoms with Crippen molar-refractivity contribution in [3.63, 3.8) is 0 Å². The van der Waals surface area contributed by atoms with Crippen LogP contribution in [0, 0.1) is 0 Å². The summed E-state index contributed by atoms with van der Waals surface area (Å²) in [6, 6.07) is 4.57. The number of nitrogens with zero attached hydrogens (tertiary/aromatic N) is 2. The lowest BCUT2D eigenvalue weighted by molar-refractivity contribution is 0.0705. The topological polar surface area (TPSA) is 74.8 Å². The highest BCUT2D eigenvalue weighted by Gasteiger charge is 2.40. The van der Waals surface area contributed by atoms with Gasteiger partial charge in [-0.15, -0.1) is 0 Å². The third kappa shape index (κ3) is 3.24. The van der Waals surface area contributed by atoms with Crippen molar-refractivity contribution < 1.29 is 18.0 Å². The molecule has 7 heteroatoms. The van der Waals surface area contributed by atoms with Crippen LogP contribution in [0.1, 0.15) is 72.6 Å². The largest absolute Gasteiger partial charge is 0.339 e. The average molecular weight is 378 g/mol. The Bertz CT molecular complexity index is 811. The Kier molecular flexibility index (Phi) is 5.37. The molecule has 1 heterocycles. The first-order valence-corrected chi connectivity index (χ1v) is 10.8. The maximum atomic E-state index is 12.9. The predicted molar refractivity (Wildman–Crippen MR) is 98.5 cm³/mol. The van der Waals surface area contributed by atoms with Gasteiger partial charge in [0.1, 0.15) is 4.90 Å². The molecule has 0 spiro atoms. The molecule has 3 rings (SSSR count). The third-order valence-electron chi connectivity index (χ3n) is 5.48. The number of hydrogen-bond acceptors (Lipinski definition) is 4. The molecule has 1 aliphatic carbocycles. The van der Waals surface area contributed by atoms with Crippen LogP contribution in [0.4, 0.5) is 0 Å². The third-order valence-corrected chi connectivity index (χ3v) is 7.38. The summed E-state index contributed by atoms with van der Waals surface area (Å²) < 4.78 is 25.9. The first-order valence-electron chi connectivity index (χ1n) is 9.36. The molecular weight excluding hydrogens is 352 g/mol. The molecule has 1 saturated carbocycles. The number of fused-ring (bicyclic) bond motifs is 1. The molecule has 0 radical (unpaired) electrons. The van der Waals surface area contributed by atoms with Crippen molar-refractivity contribution in [2.45, 2.75) is 62.8 Å². The van der Waals surface area contributed by atoms with Gasteiger partial charge in [0.25, 0.3) is 21.8 Å². The van der Waals surface area contributed by atoms with Crippen molar-refractivity contribution in [3.8, 4) is 0 Å². The highest BCUT2D eigenvalue weighted by molar-refractivity contribution is 7.90. The first kappa shape index (κ1) is 18.9. The van der Waals surface area contributed by atoms with Crippen LogP contribution >= 0.6 is 0 Å². The van der Waals surface area contributed by atoms with E-state index in [1.54, 1.807) is 24.9 Å². The molecule has 0 aromatic heterocycles. The minimum Gasteiger partial charge on any atom is -0.339 e. The molecular formula is C19H26N2O4S. The van der Waals surface area contributed by atoms with Gasteiger partial charge in [-0.1, -0.05) is 32.1 Å². The van der Waals surface area contributed by atoms with Gasteiger partial charge < -0.3 is 4.90 Å². The number of sulfonamides is 1. The van der Waals surface area contributed by atoms with Crippen LogP contribution in [0.25, 0.3) is 0 Å². The monoisotopic (exact) mass is 378 g/mol. The molecule has 2 amide bonds. The van der Waals surface area contributed by atoms with E-state index < -0.39 is 15.9 Å². The molecule has 1 fully saturated rings. The molecule has 2 aliphatic rings. The standard InChI is InChI=1S/C19H26N2O4S/c1-3-21-19(23)16-12-11-14(13-17(16)26(21,24)25)18(22)20(2)15-9-7-5-4-6-8-10-15/h11-13,15H,3-10H2,1-2H3. The maximum absolute atomic E-state index is 12.9. The zero-order valence-corrected chi connectivity index (χ0v) is 16.2. The molecule has 6 nitrogen and oxygen atoms in total. The summed E-state index contributed by atoms with van der Waals surface area (Å²) in [7, 11) is -2.06. The zero-order chi connectivity index (χ0) is 18.9. The normalized spacial score (nSPS) is 20.4. The molecule has 1 aromatic carbocycles. The average Bonchev–Trinajstić information content (AvgIpc) is 2.79. The van der Waals surface area contributed by atoms with Gasteiger partial charge in [0.2, 0.25) is 0 Å². The highest BCUT2D eigenvalue weighted by atomic mass is 32.2. The summed E-state index contributed by atoms with van der Waals surface area (Å²) in [5, 5.41) is 0. The van der Waals surface area contributed by atoms with Gasteiger partial charge in [-0.05, 0) is 38.0 Å². The molecule has 1 aromatic rings. The summed E-state index contributed by atoms with van der Waals surface area (Å²) in [5.74, 6) is -0.703. The predicted octanol–water partition coefficient (Wildman–Crippen LogP) is 3.04. The molecule has 26 heavy (non-hydrogen) atoms. The highest BCUT2D eigenvalue weighted by Crippen LogP contribution is 2.31. The van der Waals surface area contributed by atoms with Gasteiger partial charge in [-0.2, -0.15) is 0 Å². The van der Waals surface area contributed by atoms with Crippen LogP contribution in [-0.4, -0.2) is 49.1 Å². The van der Waals surface area contributed by atoms with Crippen molar-refractivity contribution >= 4 is 21.8 Å². The number of rotatable bonds is 3. The van der Waals surface area contributed by atoms with Crippen LogP contribution in [0.3, 0.4) is 0 Å². The van der Waals surface area contributed by atoms with E-state index in [0.29, 0.717) is 5.56 Å². The molecule has 0 N–H and O–H groups in total. The molecule has 1 aliphatic heterocycles. The van der Waals surface area contributed by atoms with Gasteiger partial charge in [0, 0.05) is 25.2 Å². The van der Waals surface area contributed by atoms with Gasteiger partial charge >= 0.3 is 0 Å². The Labute approximate surface area is 155 Å². The second kappa shape index (κ2) is 7.39. The maximum Gasteiger partial charge on any atom is 0.268 e. The second-order valence-electron chi connectivity index (χ2n) is 7.10. The van der Waals surface area contributed by atoms with E-state index in [1.807, 2.05) is 0 Å². The van der Waals surface area contributed by atoms with Crippen molar-refractivity contribution in [1.29, 1.82) is 0 Å². The van der Waals surface area contributed by atoms with Gasteiger partial charge in [0.15, 0.2) is 0 Å². The fourth-order valence-electron chi connectivity index (χ4n) is 3.91. The van der Waals surface area contributed by atoms with Crippen LogP contribution in [0.15, 0.2) is 23.1 Å².